The number of nitrogens with one attached hydrogen (secondary N) is 1. The summed E-state index contributed by atoms with van der Waals surface area (Å²) in [6, 6.07) is 7.93. The van der Waals surface area contributed by atoms with Crippen LogP contribution in [0.25, 0.3) is 0 Å². The van der Waals surface area contributed by atoms with Gasteiger partial charge in [0, 0.05) is 18.2 Å². The molecule has 18 heavy (non-hydrogen) atoms. The molecule has 0 radical (unpaired) electrons. The predicted molar refractivity (Wildman–Crippen MR) is 76.2 cm³/mol. The van der Waals surface area contributed by atoms with Crippen LogP contribution in [0.4, 0.5) is 5.69 Å². The Labute approximate surface area is 110 Å². The molecule has 0 aromatic heterocycles. The number of nitrogens with two attached hydrogens (primary N) is 1. The molecule has 0 saturated carbocycles. The highest BCUT2D eigenvalue weighted by molar-refractivity contribution is 5.76. The molecule has 3 N–H and O–H groups in total. The quantitative estimate of drug-likeness (QED) is 0.761. The van der Waals surface area contributed by atoms with Crippen LogP contribution in [0.2, 0.25) is 0 Å². The maximum Gasteiger partial charge on any atom is 0.220 e. The van der Waals surface area contributed by atoms with Crippen molar-refractivity contribution >= 4 is 11.6 Å². The Kier molecular flexibility index (Phi) is 5.69. The van der Waals surface area contributed by atoms with Crippen molar-refractivity contribution in [2.45, 2.75) is 46.1 Å². The summed E-state index contributed by atoms with van der Waals surface area (Å²) in [5, 5.41) is 3.05. The molecule has 0 fully saturated rings. The van der Waals surface area contributed by atoms with Crippen LogP contribution in [-0.2, 0) is 11.2 Å². The molecule has 0 heterocycles. The first-order chi connectivity index (χ1) is 8.52. The first-order valence-corrected chi connectivity index (χ1v) is 6.66. The van der Waals surface area contributed by atoms with Crippen molar-refractivity contribution in [2.24, 2.45) is 5.92 Å². The molecule has 0 aliphatic carbocycles. The molecule has 1 amide bonds. The standard InChI is InChI=1S/C15H24N2O/c1-4-11(2)12(3)17-15(18)10-7-13-5-8-14(16)9-6-13/h5-6,8-9,11-12H,4,7,10,16H2,1-3H3,(H,17,18). The van der Waals surface area contributed by atoms with E-state index < -0.39 is 0 Å². The summed E-state index contributed by atoms with van der Waals surface area (Å²) >= 11 is 0. The Morgan fingerprint density at radius 2 is 1.89 bits per heavy atom. The predicted octanol–water partition coefficient (Wildman–Crippen LogP) is 2.75. The van der Waals surface area contributed by atoms with Crippen LogP contribution in [0, 0.1) is 5.92 Å². The molecule has 1 aromatic rings. The van der Waals surface area contributed by atoms with Crippen LogP contribution < -0.4 is 11.1 Å². The molecule has 2 atom stereocenters. The Balaban J connectivity index is 2.35. The van der Waals surface area contributed by atoms with E-state index in [0.717, 1.165) is 24.1 Å². The van der Waals surface area contributed by atoms with Crippen LogP contribution in [-0.4, -0.2) is 11.9 Å². The van der Waals surface area contributed by atoms with Gasteiger partial charge in [0.05, 0.1) is 0 Å². The van der Waals surface area contributed by atoms with Crippen molar-refractivity contribution < 1.29 is 4.79 Å². The highest BCUT2D eigenvalue weighted by atomic mass is 16.1. The summed E-state index contributed by atoms with van der Waals surface area (Å²) in [5.41, 5.74) is 7.52. The molecule has 3 nitrogen and oxygen atoms in total. The molecule has 1 rings (SSSR count). The number of carbonyl (C=O) groups is 1. The molecule has 1 aromatic carbocycles. The zero-order valence-corrected chi connectivity index (χ0v) is 11.6. The van der Waals surface area contributed by atoms with Crippen molar-refractivity contribution in [1.82, 2.24) is 5.32 Å². The SMILES string of the molecule is CCC(C)C(C)NC(=O)CCc1ccc(N)cc1. The van der Waals surface area contributed by atoms with E-state index in [4.69, 9.17) is 5.73 Å². The second kappa shape index (κ2) is 7.04. The molecule has 0 bridgehead atoms. The smallest absolute Gasteiger partial charge is 0.220 e. The van der Waals surface area contributed by atoms with Crippen LogP contribution >= 0.6 is 0 Å². The second-order valence-electron chi connectivity index (χ2n) is 4.98. The first kappa shape index (κ1) is 14.6. The van der Waals surface area contributed by atoms with E-state index in [1.54, 1.807) is 0 Å². The number of hydrogen-bond donors (Lipinski definition) is 2. The average Bonchev–Trinajstić information content (AvgIpc) is 2.37. The zero-order valence-electron chi connectivity index (χ0n) is 11.6. The van der Waals surface area contributed by atoms with Crippen LogP contribution in [0.15, 0.2) is 24.3 Å². The summed E-state index contributed by atoms with van der Waals surface area (Å²) in [5.74, 6) is 0.644. The highest BCUT2D eigenvalue weighted by Gasteiger charge is 2.12. The molecule has 0 aliphatic rings. The van der Waals surface area contributed by atoms with E-state index in [1.165, 1.54) is 0 Å². The van der Waals surface area contributed by atoms with Gasteiger partial charge in [-0.1, -0.05) is 32.4 Å². The third-order valence-corrected chi connectivity index (χ3v) is 3.51. The minimum absolute atomic E-state index is 0.125. The summed E-state index contributed by atoms with van der Waals surface area (Å²) in [6.45, 7) is 6.36. The van der Waals surface area contributed by atoms with Crippen molar-refractivity contribution in [3.63, 3.8) is 0 Å². The molecule has 0 aliphatic heterocycles. The lowest BCUT2D eigenvalue weighted by atomic mass is 10.0. The Bertz CT molecular complexity index is 373. The molecule has 0 saturated heterocycles. The summed E-state index contributed by atoms with van der Waals surface area (Å²) in [4.78, 5) is 11.8. The summed E-state index contributed by atoms with van der Waals surface area (Å²) < 4.78 is 0. The van der Waals surface area contributed by atoms with Crippen molar-refractivity contribution in [1.29, 1.82) is 0 Å². The third kappa shape index (κ3) is 4.78. The number of benzene rings is 1. The molecule has 2 unspecified atom stereocenters. The Morgan fingerprint density at radius 3 is 2.44 bits per heavy atom. The van der Waals surface area contributed by atoms with Crippen LogP contribution in [0.5, 0.6) is 0 Å². The van der Waals surface area contributed by atoms with Gasteiger partial charge in [0.1, 0.15) is 0 Å². The van der Waals surface area contributed by atoms with E-state index in [1.807, 2.05) is 24.3 Å². The number of nitrogen functional groups attached to an aromatic ring is 1. The fraction of sp³-hybridized carbons (Fsp3) is 0.533. The molecular weight excluding hydrogens is 224 g/mol. The minimum Gasteiger partial charge on any atom is -0.399 e. The van der Waals surface area contributed by atoms with Crippen molar-refractivity contribution in [3.8, 4) is 0 Å². The highest BCUT2D eigenvalue weighted by Crippen LogP contribution is 2.09. The maximum atomic E-state index is 11.8. The number of aryl methyl sites for hydroxylation is 1. The molecule has 3 heteroatoms. The van der Waals surface area contributed by atoms with Gasteiger partial charge in [-0.2, -0.15) is 0 Å². The van der Waals surface area contributed by atoms with Crippen molar-refractivity contribution in [2.75, 3.05) is 5.73 Å². The topological polar surface area (TPSA) is 55.1 Å². The fourth-order valence-corrected chi connectivity index (χ4v) is 1.76. The van der Waals surface area contributed by atoms with Gasteiger partial charge in [-0.15, -0.1) is 0 Å². The first-order valence-electron chi connectivity index (χ1n) is 6.66. The zero-order chi connectivity index (χ0) is 13.5. The fourth-order valence-electron chi connectivity index (χ4n) is 1.76. The molecular formula is C15H24N2O. The van der Waals surface area contributed by atoms with Gasteiger partial charge in [0.25, 0.3) is 0 Å². The van der Waals surface area contributed by atoms with Gasteiger partial charge < -0.3 is 11.1 Å². The minimum atomic E-state index is 0.125. The molecule has 100 valence electrons. The average molecular weight is 248 g/mol. The number of carbonyl (C=O) groups excluding carboxylic acids is 1. The van der Waals surface area contributed by atoms with Gasteiger partial charge in [0.2, 0.25) is 5.91 Å². The third-order valence-electron chi connectivity index (χ3n) is 3.51. The van der Waals surface area contributed by atoms with Gasteiger partial charge in [-0.25, -0.2) is 0 Å². The largest absolute Gasteiger partial charge is 0.399 e. The van der Waals surface area contributed by atoms with E-state index in [-0.39, 0.29) is 11.9 Å². The second-order valence-corrected chi connectivity index (χ2v) is 4.98. The lowest BCUT2D eigenvalue weighted by Crippen LogP contribution is -2.36. The van der Waals surface area contributed by atoms with Gasteiger partial charge in [-0.05, 0) is 37.0 Å². The number of hydrogen-bond acceptors (Lipinski definition) is 2. The van der Waals surface area contributed by atoms with Crippen molar-refractivity contribution in [3.05, 3.63) is 29.8 Å². The lowest BCUT2D eigenvalue weighted by Gasteiger charge is -2.19. The van der Waals surface area contributed by atoms with E-state index >= 15 is 0 Å². The van der Waals surface area contributed by atoms with Crippen LogP contribution in [0.3, 0.4) is 0 Å². The molecule has 0 spiro atoms. The van der Waals surface area contributed by atoms with Gasteiger partial charge in [0.15, 0.2) is 0 Å². The Hall–Kier alpha value is -1.51. The lowest BCUT2D eigenvalue weighted by molar-refractivity contribution is -0.122. The maximum absolute atomic E-state index is 11.8. The normalized spacial score (nSPS) is 13.9. The van der Waals surface area contributed by atoms with E-state index in [9.17, 15) is 4.79 Å². The number of rotatable bonds is 6. The summed E-state index contributed by atoms with van der Waals surface area (Å²) in [7, 11) is 0. The van der Waals surface area contributed by atoms with Crippen LogP contribution in [0.1, 0.15) is 39.2 Å². The summed E-state index contributed by atoms with van der Waals surface area (Å²) in [6.07, 6.45) is 2.38. The van der Waals surface area contributed by atoms with E-state index in [2.05, 4.69) is 26.1 Å². The number of anilines is 1. The van der Waals surface area contributed by atoms with E-state index in [0.29, 0.717) is 12.3 Å². The Morgan fingerprint density at radius 1 is 1.28 bits per heavy atom. The van der Waals surface area contributed by atoms with Gasteiger partial charge in [-0.3, -0.25) is 4.79 Å². The monoisotopic (exact) mass is 248 g/mol. The van der Waals surface area contributed by atoms with Gasteiger partial charge >= 0.3 is 0 Å². The number of amides is 1.